The van der Waals surface area contributed by atoms with Gasteiger partial charge in [-0.05, 0) is 36.5 Å². The number of aliphatic imine (C=N–C) groups is 1. The van der Waals surface area contributed by atoms with E-state index in [1.165, 1.54) is 27.5 Å². The van der Waals surface area contributed by atoms with Crippen LogP contribution in [0.2, 0.25) is 0 Å². The minimum absolute atomic E-state index is 0.0482. The molecule has 0 aromatic carbocycles. The molecule has 1 saturated heterocycles. The molecule has 1 atom stereocenters. The molecular formula is C24H32N6OS. The second-order valence-corrected chi connectivity index (χ2v) is 9.38. The third-order valence-corrected chi connectivity index (χ3v) is 7.20. The number of anilines is 1. The maximum Gasteiger partial charge on any atom is 0.263 e. The summed E-state index contributed by atoms with van der Waals surface area (Å²) in [5.41, 5.74) is 8.99. The molecule has 3 heterocycles. The fraction of sp³-hybridized carbons (Fsp3) is 0.458. The second kappa shape index (κ2) is 10.2. The lowest BCUT2D eigenvalue weighted by molar-refractivity contribution is 0.0938. The summed E-state index contributed by atoms with van der Waals surface area (Å²) in [5, 5.41) is 6.62. The summed E-state index contributed by atoms with van der Waals surface area (Å²) >= 11 is 1.42. The van der Waals surface area contributed by atoms with Crippen molar-refractivity contribution >= 4 is 40.2 Å². The average Bonchev–Trinajstić information content (AvgIpc) is 3.55. The first-order chi connectivity index (χ1) is 15.6. The van der Waals surface area contributed by atoms with Crippen LogP contribution in [0.15, 0.2) is 29.2 Å². The van der Waals surface area contributed by atoms with Crippen molar-refractivity contribution in [2.75, 3.05) is 25.0 Å². The number of carbonyl (C=O) groups is 1. The van der Waals surface area contributed by atoms with Gasteiger partial charge in [0.2, 0.25) is 0 Å². The Morgan fingerprint density at radius 1 is 1.41 bits per heavy atom. The number of amides is 1. The number of hydrogen-bond donors (Lipinski definition) is 3. The van der Waals surface area contributed by atoms with Crippen molar-refractivity contribution in [3.8, 4) is 0 Å². The Balaban J connectivity index is 1.46. The lowest BCUT2D eigenvalue weighted by atomic mass is 10.00. The van der Waals surface area contributed by atoms with E-state index in [4.69, 9.17) is 5.73 Å². The molecule has 8 heteroatoms. The highest BCUT2D eigenvalue weighted by Gasteiger charge is 2.26. The quantitative estimate of drug-likeness (QED) is 0.571. The van der Waals surface area contributed by atoms with Gasteiger partial charge in [-0.1, -0.05) is 43.3 Å². The van der Waals surface area contributed by atoms with Gasteiger partial charge in [0.15, 0.2) is 5.13 Å². The van der Waals surface area contributed by atoms with Crippen LogP contribution < -0.4 is 26.5 Å². The van der Waals surface area contributed by atoms with Gasteiger partial charge in [-0.25, -0.2) is 4.98 Å². The minimum Gasteiger partial charge on any atom is -0.404 e. The Hall–Kier alpha value is -2.87. The van der Waals surface area contributed by atoms with Crippen molar-refractivity contribution in [3.05, 3.63) is 45.2 Å². The van der Waals surface area contributed by atoms with Crippen LogP contribution in [0, 0.1) is 0 Å². The molecular weight excluding hydrogens is 420 g/mol. The van der Waals surface area contributed by atoms with Gasteiger partial charge in [-0.15, -0.1) is 0 Å². The molecule has 170 valence electrons. The fourth-order valence-electron chi connectivity index (χ4n) is 4.37. The molecule has 1 fully saturated rings. The number of H-pyrrole nitrogens is 1. The zero-order chi connectivity index (χ0) is 22.5. The number of fused-ring (bicyclic) bond motifs is 1. The number of aromatic nitrogens is 2. The van der Waals surface area contributed by atoms with Crippen LogP contribution in [0.5, 0.6) is 0 Å². The van der Waals surface area contributed by atoms with Gasteiger partial charge < -0.3 is 20.9 Å². The molecule has 4 rings (SSSR count). The summed E-state index contributed by atoms with van der Waals surface area (Å²) in [6, 6.07) is 0.0978. The third-order valence-electron chi connectivity index (χ3n) is 6.14. The first kappa shape index (κ1) is 22.3. The second-order valence-electron chi connectivity index (χ2n) is 8.37. The van der Waals surface area contributed by atoms with Gasteiger partial charge in [-0.3, -0.25) is 9.79 Å². The smallest absolute Gasteiger partial charge is 0.263 e. The maximum atomic E-state index is 13.1. The number of rotatable bonds is 8. The number of carbonyl (C=O) groups excluding carboxylic acids is 1. The van der Waals surface area contributed by atoms with Crippen LogP contribution in [0.25, 0.3) is 12.2 Å². The van der Waals surface area contributed by atoms with Gasteiger partial charge in [0.25, 0.3) is 5.91 Å². The summed E-state index contributed by atoms with van der Waals surface area (Å²) in [5.74, 6) is -0.0482. The van der Waals surface area contributed by atoms with Crippen molar-refractivity contribution in [3.63, 3.8) is 0 Å². The molecule has 0 saturated carbocycles. The molecule has 0 radical (unpaired) electrons. The predicted molar refractivity (Wildman–Crippen MR) is 133 cm³/mol. The van der Waals surface area contributed by atoms with Gasteiger partial charge in [0.05, 0.1) is 18.5 Å². The van der Waals surface area contributed by atoms with Crippen molar-refractivity contribution in [1.82, 2.24) is 15.3 Å². The summed E-state index contributed by atoms with van der Waals surface area (Å²) in [4.78, 5) is 28.0. The largest absolute Gasteiger partial charge is 0.404 e. The maximum absolute atomic E-state index is 13.1. The normalized spacial score (nSPS) is 19.0. The fourth-order valence-corrected chi connectivity index (χ4v) is 5.19. The Kier molecular flexibility index (Phi) is 7.09. The summed E-state index contributed by atoms with van der Waals surface area (Å²) < 4.78 is 0. The average molecular weight is 453 g/mol. The Labute approximate surface area is 192 Å². The number of thiazole rings is 1. The number of hydrogen-bond acceptors (Lipinski definition) is 6. The number of unbranched alkanes of at least 4 members (excludes halogenated alkanes) is 1. The monoisotopic (exact) mass is 452 g/mol. The van der Waals surface area contributed by atoms with Crippen LogP contribution >= 0.6 is 11.3 Å². The molecule has 32 heavy (non-hydrogen) atoms. The van der Waals surface area contributed by atoms with Gasteiger partial charge in [0.1, 0.15) is 4.88 Å². The molecule has 2 aromatic rings. The first-order valence-corrected chi connectivity index (χ1v) is 12.2. The highest BCUT2D eigenvalue weighted by atomic mass is 32.1. The van der Waals surface area contributed by atoms with E-state index in [0.717, 1.165) is 54.9 Å². The van der Waals surface area contributed by atoms with Crippen LogP contribution in [-0.4, -0.2) is 47.8 Å². The molecule has 0 bridgehead atoms. The molecule has 2 aliphatic rings. The molecule has 7 nitrogen and oxygen atoms in total. The standard InChI is InChI=1S/C24H32N6OS/c1-3-4-7-18(10-16-12-27-20-9-6-5-8-19(16)20)29-23(31)22-13-28-24(32-22)30-14-17(11-25)21(15-30)26-2/h8-9,11-13,18,27H,3-7,10,14-15,25H2,1-2H3,(H,29,31). The highest BCUT2D eigenvalue weighted by molar-refractivity contribution is 7.17. The van der Waals surface area contributed by atoms with E-state index >= 15 is 0 Å². The van der Waals surface area contributed by atoms with Crippen LogP contribution in [0.3, 0.4) is 0 Å². The zero-order valence-corrected chi connectivity index (χ0v) is 19.7. The molecule has 2 aromatic heterocycles. The Morgan fingerprint density at radius 3 is 3.00 bits per heavy atom. The highest BCUT2D eigenvalue weighted by Crippen LogP contribution is 2.27. The SMILES string of the molecule is CCCCC(Cc1c[nH]c2c1=CCCC=2)NC(=O)c1cnc(N2CC(=CN)C(=NC)C2)s1. The predicted octanol–water partition coefficient (Wildman–Crippen LogP) is 2.09. The topological polar surface area (TPSA) is 99.4 Å². The van der Waals surface area contributed by atoms with E-state index in [0.29, 0.717) is 18.0 Å². The molecule has 0 spiro atoms. The van der Waals surface area contributed by atoms with E-state index in [2.05, 4.69) is 50.4 Å². The molecule has 1 aliphatic heterocycles. The molecule has 1 aliphatic carbocycles. The molecule has 1 unspecified atom stereocenters. The van der Waals surface area contributed by atoms with E-state index in [1.54, 1.807) is 19.4 Å². The summed E-state index contributed by atoms with van der Waals surface area (Å²) in [6.45, 7) is 3.52. The van der Waals surface area contributed by atoms with Gasteiger partial charge >= 0.3 is 0 Å². The van der Waals surface area contributed by atoms with Gasteiger partial charge in [0, 0.05) is 43.0 Å². The van der Waals surface area contributed by atoms with Crippen molar-refractivity contribution in [2.45, 2.75) is 51.5 Å². The summed E-state index contributed by atoms with van der Waals surface area (Å²) in [6.07, 6.45) is 16.1. The Bertz CT molecular complexity index is 1120. The van der Waals surface area contributed by atoms with Crippen molar-refractivity contribution in [1.29, 1.82) is 0 Å². The van der Waals surface area contributed by atoms with Crippen LogP contribution in [-0.2, 0) is 6.42 Å². The van der Waals surface area contributed by atoms with E-state index in [1.807, 2.05) is 0 Å². The number of nitrogens with two attached hydrogens (primary N) is 1. The zero-order valence-electron chi connectivity index (χ0n) is 18.9. The number of nitrogens with zero attached hydrogens (tertiary/aromatic N) is 3. The lowest BCUT2D eigenvalue weighted by Crippen LogP contribution is -2.38. The molecule has 1 amide bonds. The number of nitrogens with one attached hydrogen (secondary N) is 2. The van der Waals surface area contributed by atoms with Crippen molar-refractivity contribution in [2.24, 2.45) is 10.7 Å². The lowest BCUT2D eigenvalue weighted by Gasteiger charge is -2.18. The van der Waals surface area contributed by atoms with Gasteiger partial charge in [-0.2, -0.15) is 0 Å². The van der Waals surface area contributed by atoms with Crippen LogP contribution in [0.1, 0.15) is 54.3 Å². The minimum atomic E-state index is -0.0482. The molecule has 4 N–H and O–H groups in total. The third kappa shape index (κ3) is 4.80. The van der Waals surface area contributed by atoms with E-state index in [-0.39, 0.29) is 11.9 Å². The first-order valence-electron chi connectivity index (χ1n) is 11.4. The van der Waals surface area contributed by atoms with E-state index in [9.17, 15) is 4.79 Å². The Morgan fingerprint density at radius 2 is 2.25 bits per heavy atom. The number of aromatic amines is 1. The van der Waals surface area contributed by atoms with E-state index < -0.39 is 0 Å². The van der Waals surface area contributed by atoms with Crippen molar-refractivity contribution < 1.29 is 4.79 Å². The van der Waals surface area contributed by atoms with Crippen LogP contribution in [0.4, 0.5) is 5.13 Å². The summed E-state index contributed by atoms with van der Waals surface area (Å²) in [7, 11) is 1.77.